The Morgan fingerprint density at radius 3 is 2.55 bits per heavy atom. The molecule has 8 heteroatoms. The van der Waals surface area contributed by atoms with Crippen LogP contribution in [-0.4, -0.2) is 33.6 Å². The van der Waals surface area contributed by atoms with Gasteiger partial charge in [-0.3, -0.25) is 10.2 Å². The first-order chi connectivity index (χ1) is 15.2. The van der Waals surface area contributed by atoms with E-state index in [-0.39, 0.29) is 18.0 Å². The number of nitrogens with zero attached hydrogens (tertiary/aromatic N) is 3. The Morgan fingerprint density at radius 1 is 1.03 bits per heavy atom. The number of furan rings is 1. The highest BCUT2D eigenvalue weighted by Gasteiger charge is 2.36. The second kappa shape index (κ2) is 8.08. The third kappa shape index (κ3) is 3.93. The lowest BCUT2D eigenvalue weighted by molar-refractivity contribution is -0.114. The lowest BCUT2D eigenvalue weighted by Crippen LogP contribution is -2.35. The van der Waals surface area contributed by atoms with Crippen LogP contribution in [0.4, 0.5) is 0 Å². The van der Waals surface area contributed by atoms with Gasteiger partial charge >= 0.3 is 0 Å². The fraction of sp³-hybridized carbons (Fsp3) is 0.0435. The Morgan fingerprint density at radius 2 is 1.77 bits per heavy atom. The van der Waals surface area contributed by atoms with Gasteiger partial charge in [0.25, 0.3) is 5.91 Å². The van der Waals surface area contributed by atoms with Gasteiger partial charge in [-0.2, -0.15) is 15.1 Å². The molecule has 152 valence electrons. The topological polar surface area (TPSA) is 91.2 Å². The first-order valence-electron chi connectivity index (χ1n) is 9.49. The predicted molar refractivity (Wildman–Crippen MR) is 121 cm³/mol. The highest BCUT2D eigenvalue weighted by Crippen LogP contribution is 2.29. The van der Waals surface area contributed by atoms with Crippen LogP contribution < -0.4 is 4.74 Å². The van der Waals surface area contributed by atoms with Gasteiger partial charge in [0.2, 0.25) is 5.17 Å². The average Bonchev–Trinajstić information content (AvgIpc) is 3.44. The molecule has 2 aliphatic heterocycles. The molecule has 7 nitrogen and oxygen atoms in total. The van der Waals surface area contributed by atoms with Crippen molar-refractivity contribution < 1.29 is 13.9 Å². The molecule has 1 amide bonds. The highest BCUT2D eigenvalue weighted by atomic mass is 32.2. The normalized spacial score (nSPS) is 16.9. The molecule has 0 bridgehead atoms. The number of benzene rings is 2. The summed E-state index contributed by atoms with van der Waals surface area (Å²) in [5.41, 5.74) is 1.05. The Hall–Kier alpha value is -3.91. The average molecular weight is 428 g/mol. The van der Waals surface area contributed by atoms with E-state index in [0.717, 1.165) is 11.3 Å². The molecule has 0 atom stereocenters. The van der Waals surface area contributed by atoms with Crippen molar-refractivity contribution >= 4 is 39.8 Å². The third-order valence-corrected chi connectivity index (χ3v) is 5.46. The number of thioether (sulfide) groups is 1. The number of hydrogen-bond acceptors (Lipinski definition) is 6. The molecule has 0 fully saturated rings. The number of carbonyl (C=O) groups is 1. The number of hydrazone groups is 1. The molecule has 31 heavy (non-hydrogen) atoms. The molecule has 0 unspecified atom stereocenters. The van der Waals surface area contributed by atoms with Crippen molar-refractivity contribution in [3.63, 3.8) is 0 Å². The van der Waals surface area contributed by atoms with E-state index >= 15 is 0 Å². The minimum atomic E-state index is -0.498. The summed E-state index contributed by atoms with van der Waals surface area (Å²) in [6, 6.07) is 22.6. The molecule has 5 rings (SSSR count). The van der Waals surface area contributed by atoms with Crippen molar-refractivity contribution in [2.24, 2.45) is 10.1 Å². The van der Waals surface area contributed by atoms with E-state index in [4.69, 9.17) is 14.6 Å². The summed E-state index contributed by atoms with van der Waals surface area (Å²) in [5.74, 6) is 1.32. The monoisotopic (exact) mass is 428 g/mol. The quantitative estimate of drug-likeness (QED) is 0.598. The van der Waals surface area contributed by atoms with Crippen LogP contribution in [0, 0.1) is 5.41 Å². The van der Waals surface area contributed by atoms with E-state index in [1.807, 2.05) is 66.7 Å². The van der Waals surface area contributed by atoms with Crippen molar-refractivity contribution in [3.05, 3.63) is 84.1 Å². The molecular weight excluding hydrogens is 412 g/mol. The van der Waals surface area contributed by atoms with Gasteiger partial charge in [-0.1, -0.05) is 48.5 Å². The molecule has 0 saturated carbocycles. The maximum atomic E-state index is 12.6. The van der Waals surface area contributed by atoms with E-state index in [0.29, 0.717) is 21.7 Å². The zero-order valence-electron chi connectivity index (χ0n) is 16.2. The van der Waals surface area contributed by atoms with Gasteiger partial charge in [0.1, 0.15) is 28.9 Å². The van der Waals surface area contributed by atoms with Gasteiger partial charge in [-0.25, -0.2) is 0 Å². The molecular formula is C23H16N4O3S. The maximum absolute atomic E-state index is 12.6. The van der Waals surface area contributed by atoms with Crippen LogP contribution >= 0.6 is 11.8 Å². The molecule has 0 saturated heterocycles. The summed E-state index contributed by atoms with van der Waals surface area (Å²) in [6.45, 7) is 0.226. The Balaban J connectivity index is 1.35. The highest BCUT2D eigenvalue weighted by molar-refractivity contribution is 8.27. The van der Waals surface area contributed by atoms with Gasteiger partial charge in [0.15, 0.2) is 5.84 Å². The molecule has 1 aromatic heterocycles. The first-order valence-corrected chi connectivity index (χ1v) is 10.3. The number of amidine groups is 2. The molecule has 1 N–H and O–H groups in total. The fourth-order valence-electron chi connectivity index (χ4n) is 3.08. The van der Waals surface area contributed by atoms with Crippen LogP contribution in [-0.2, 0) is 4.79 Å². The molecule has 3 heterocycles. The van der Waals surface area contributed by atoms with E-state index in [9.17, 15) is 4.79 Å². The Bertz CT molecular complexity index is 1250. The van der Waals surface area contributed by atoms with Gasteiger partial charge in [-0.05, 0) is 42.1 Å². The van der Waals surface area contributed by atoms with Gasteiger partial charge in [0.05, 0.1) is 5.57 Å². The van der Waals surface area contributed by atoms with E-state index < -0.39 is 5.91 Å². The number of amides is 1. The van der Waals surface area contributed by atoms with Crippen LogP contribution in [0.1, 0.15) is 5.76 Å². The fourth-order valence-corrected chi connectivity index (χ4v) is 3.88. The number of nitrogens with one attached hydrogen (secondary N) is 1. The molecule has 2 aromatic carbocycles. The first kappa shape index (κ1) is 19.1. The van der Waals surface area contributed by atoms with Crippen LogP contribution in [0.5, 0.6) is 5.75 Å². The second-order valence-corrected chi connectivity index (χ2v) is 7.72. The Kier molecular flexibility index (Phi) is 4.97. The van der Waals surface area contributed by atoms with Gasteiger partial charge < -0.3 is 9.15 Å². The number of hydrogen-bond donors (Lipinski definition) is 1. The van der Waals surface area contributed by atoms with Crippen LogP contribution in [0.15, 0.2) is 92.9 Å². The largest absolute Gasteiger partial charge is 0.487 e. The number of carbonyl (C=O) groups excluding carboxylic acids is 1. The lowest BCUT2D eigenvalue weighted by Gasteiger charge is -2.19. The molecule has 2 aliphatic rings. The minimum Gasteiger partial charge on any atom is -0.487 e. The smallest absolute Gasteiger partial charge is 0.283 e. The Labute approximate surface area is 182 Å². The third-order valence-electron chi connectivity index (χ3n) is 4.57. The number of rotatable bonds is 5. The minimum absolute atomic E-state index is 0.0464. The van der Waals surface area contributed by atoms with Crippen molar-refractivity contribution in [2.75, 3.05) is 6.61 Å². The van der Waals surface area contributed by atoms with Crippen molar-refractivity contribution in [2.45, 2.75) is 0 Å². The molecule has 0 radical (unpaired) electrons. The van der Waals surface area contributed by atoms with E-state index in [1.54, 1.807) is 6.07 Å². The summed E-state index contributed by atoms with van der Waals surface area (Å²) in [4.78, 5) is 16.6. The summed E-state index contributed by atoms with van der Waals surface area (Å²) >= 11 is 1.22. The number of para-hydroxylation sites is 1. The number of aliphatic imine (C=N–C) groups is 1. The maximum Gasteiger partial charge on any atom is 0.283 e. The summed E-state index contributed by atoms with van der Waals surface area (Å²) in [5, 5.41) is 15.2. The van der Waals surface area contributed by atoms with Crippen LogP contribution in [0.25, 0.3) is 17.4 Å². The number of fused-ring (bicyclic) bond motifs is 1. The summed E-state index contributed by atoms with van der Waals surface area (Å²) in [6.07, 6.45) is 1.52. The number of ether oxygens (including phenoxy) is 1. The van der Waals surface area contributed by atoms with Gasteiger partial charge in [-0.15, -0.1) is 0 Å². The summed E-state index contributed by atoms with van der Waals surface area (Å²) in [7, 11) is 0. The van der Waals surface area contributed by atoms with Crippen molar-refractivity contribution in [1.29, 1.82) is 5.41 Å². The van der Waals surface area contributed by atoms with E-state index in [2.05, 4.69) is 10.1 Å². The SMILES string of the molecule is N=C1C(=Cc2ccc(-c3ccccc3)o2)C(=O)N=C2SC(COc3ccccc3)=NN12. The standard InChI is InChI=1S/C23H16N4O3S/c24-21-18(13-17-11-12-19(30-17)15-7-3-1-4-8-15)22(28)25-23-27(21)26-20(31-23)14-29-16-9-5-2-6-10-16/h1-13,24H,14H2. The zero-order chi connectivity index (χ0) is 21.2. The lowest BCUT2D eigenvalue weighted by atomic mass is 10.1. The van der Waals surface area contributed by atoms with Crippen LogP contribution in [0.2, 0.25) is 0 Å². The van der Waals surface area contributed by atoms with E-state index in [1.165, 1.54) is 22.8 Å². The zero-order valence-corrected chi connectivity index (χ0v) is 17.0. The van der Waals surface area contributed by atoms with Crippen molar-refractivity contribution in [1.82, 2.24) is 5.01 Å². The van der Waals surface area contributed by atoms with Crippen molar-refractivity contribution in [3.8, 4) is 17.1 Å². The predicted octanol–water partition coefficient (Wildman–Crippen LogP) is 4.64. The van der Waals surface area contributed by atoms with Gasteiger partial charge in [0, 0.05) is 5.56 Å². The molecule has 0 spiro atoms. The van der Waals surface area contributed by atoms with Crippen LogP contribution in [0.3, 0.4) is 0 Å². The molecule has 3 aromatic rings. The summed E-state index contributed by atoms with van der Waals surface area (Å²) < 4.78 is 11.5. The molecule has 0 aliphatic carbocycles. The second-order valence-electron chi connectivity index (χ2n) is 6.68.